The molecule has 2 heterocycles. The SMILES string of the molecule is CCc1onc(C)c1C(=O)Nc1nc(-c2ccc(SC)cc2)cs1. The fraction of sp³-hybridized carbons (Fsp3) is 0.235. The molecule has 0 radical (unpaired) electrons. The van der Waals surface area contributed by atoms with E-state index in [2.05, 4.69) is 27.6 Å². The van der Waals surface area contributed by atoms with Crippen molar-refractivity contribution in [3.63, 3.8) is 0 Å². The number of aromatic nitrogens is 2. The van der Waals surface area contributed by atoms with Crippen LogP contribution in [0.25, 0.3) is 11.3 Å². The highest BCUT2D eigenvalue weighted by Crippen LogP contribution is 2.27. The Morgan fingerprint density at radius 3 is 2.75 bits per heavy atom. The Bertz CT molecular complexity index is 853. The summed E-state index contributed by atoms with van der Waals surface area (Å²) in [6.45, 7) is 3.69. The van der Waals surface area contributed by atoms with Gasteiger partial charge in [0.05, 0.1) is 11.4 Å². The maximum Gasteiger partial charge on any atom is 0.262 e. The van der Waals surface area contributed by atoms with Crippen molar-refractivity contribution in [3.8, 4) is 11.3 Å². The molecule has 1 amide bonds. The third-order valence-electron chi connectivity index (χ3n) is 3.59. The molecule has 0 atom stereocenters. The van der Waals surface area contributed by atoms with Crippen LogP contribution in [-0.4, -0.2) is 22.3 Å². The van der Waals surface area contributed by atoms with Gasteiger partial charge >= 0.3 is 0 Å². The standard InChI is InChI=1S/C17H17N3O2S2/c1-4-14-15(10(2)20-22-14)16(21)19-17-18-13(9-24-17)11-5-7-12(23-3)8-6-11/h5-9H,4H2,1-3H3,(H,18,19,21). The largest absolute Gasteiger partial charge is 0.360 e. The zero-order valence-electron chi connectivity index (χ0n) is 13.6. The normalized spacial score (nSPS) is 10.8. The van der Waals surface area contributed by atoms with Gasteiger partial charge in [-0.1, -0.05) is 24.2 Å². The van der Waals surface area contributed by atoms with Crippen molar-refractivity contribution in [2.45, 2.75) is 25.2 Å². The predicted octanol–water partition coefficient (Wildman–Crippen LogP) is 4.64. The minimum Gasteiger partial charge on any atom is -0.360 e. The molecule has 0 aliphatic rings. The summed E-state index contributed by atoms with van der Waals surface area (Å²) in [6.07, 6.45) is 2.66. The van der Waals surface area contributed by atoms with Crippen LogP contribution in [0.2, 0.25) is 0 Å². The highest BCUT2D eigenvalue weighted by atomic mass is 32.2. The highest BCUT2D eigenvalue weighted by molar-refractivity contribution is 7.98. The van der Waals surface area contributed by atoms with E-state index in [0.29, 0.717) is 28.6 Å². The van der Waals surface area contributed by atoms with Crippen LogP contribution >= 0.6 is 23.1 Å². The number of amides is 1. The number of carbonyl (C=O) groups is 1. The van der Waals surface area contributed by atoms with E-state index in [1.54, 1.807) is 18.7 Å². The number of thioether (sulfide) groups is 1. The Morgan fingerprint density at radius 1 is 1.33 bits per heavy atom. The zero-order valence-corrected chi connectivity index (χ0v) is 15.3. The predicted molar refractivity (Wildman–Crippen MR) is 97.9 cm³/mol. The molecular formula is C17H17N3O2S2. The quantitative estimate of drug-likeness (QED) is 0.672. The van der Waals surface area contributed by atoms with Crippen molar-refractivity contribution < 1.29 is 9.32 Å². The molecule has 0 saturated heterocycles. The van der Waals surface area contributed by atoms with Crippen LogP contribution in [-0.2, 0) is 6.42 Å². The molecule has 124 valence electrons. The van der Waals surface area contributed by atoms with E-state index in [1.807, 2.05) is 30.7 Å². The van der Waals surface area contributed by atoms with Gasteiger partial charge in [0.25, 0.3) is 5.91 Å². The van der Waals surface area contributed by atoms with Gasteiger partial charge in [0.2, 0.25) is 0 Å². The van der Waals surface area contributed by atoms with Crippen LogP contribution in [0.4, 0.5) is 5.13 Å². The lowest BCUT2D eigenvalue weighted by Gasteiger charge is -2.01. The van der Waals surface area contributed by atoms with Gasteiger partial charge in [-0.3, -0.25) is 10.1 Å². The number of nitrogens with zero attached hydrogens (tertiary/aromatic N) is 2. The molecule has 24 heavy (non-hydrogen) atoms. The minimum atomic E-state index is -0.232. The number of hydrogen-bond donors (Lipinski definition) is 1. The molecule has 0 bridgehead atoms. The van der Waals surface area contributed by atoms with Crippen LogP contribution in [0.1, 0.15) is 28.7 Å². The smallest absolute Gasteiger partial charge is 0.262 e. The lowest BCUT2D eigenvalue weighted by atomic mass is 10.1. The number of hydrogen-bond acceptors (Lipinski definition) is 6. The zero-order chi connectivity index (χ0) is 17.1. The van der Waals surface area contributed by atoms with Crippen molar-refractivity contribution >= 4 is 34.1 Å². The second-order valence-electron chi connectivity index (χ2n) is 5.14. The molecule has 3 aromatic rings. The van der Waals surface area contributed by atoms with E-state index in [4.69, 9.17) is 4.52 Å². The Morgan fingerprint density at radius 2 is 2.08 bits per heavy atom. The van der Waals surface area contributed by atoms with Gasteiger partial charge in [-0.2, -0.15) is 0 Å². The number of thiazole rings is 1. The van der Waals surface area contributed by atoms with Gasteiger partial charge in [-0.05, 0) is 25.3 Å². The summed E-state index contributed by atoms with van der Waals surface area (Å²) in [5.41, 5.74) is 2.97. The van der Waals surface area contributed by atoms with E-state index in [1.165, 1.54) is 16.2 Å². The molecule has 5 nitrogen and oxygen atoms in total. The van der Waals surface area contributed by atoms with Gasteiger partial charge in [0.1, 0.15) is 11.3 Å². The second-order valence-corrected chi connectivity index (χ2v) is 6.88. The summed E-state index contributed by atoms with van der Waals surface area (Å²) in [7, 11) is 0. The van der Waals surface area contributed by atoms with Crippen LogP contribution < -0.4 is 5.32 Å². The van der Waals surface area contributed by atoms with Crippen molar-refractivity contribution in [3.05, 3.63) is 46.7 Å². The number of aryl methyl sites for hydroxylation is 2. The molecule has 1 aromatic carbocycles. The topological polar surface area (TPSA) is 68.0 Å². The third kappa shape index (κ3) is 3.37. The van der Waals surface area contributed by atoms with Crippen LogP contribution in [0, 0.1) is 6.92 Å². The highest BCUT2D eigenvalue weighted by Gasteiger charge is 2.20. The number of benzene rings is 1. The first-order valence-electron chi connectivity index (χ1n) is 7.48. The number of nitrogens with one attached hydrogen (secondary N) is 1. The number of rotatable bonds is 5. The summed E-state index contributed by atoms with van der Waals surface area (Å²) in [6, 6.07) is 8.19. The first kappa shape index (κ1) is 16.7. The molecule has 0 saturated carbocycles. The van der Waals surface area contributed by atoms with Crippen molar-refractivity contribution in [1.29, 1.82) is 0 Å². The van der Waals surface area contributed by atoms with E-state index >= 15 is 0 Å². The molecule has 1 N–H and O–H groups in total. The summed E-state index contributed by atoms with van der Waals surface area (Å²) in [5, 5.41) is 9.20. The van der Waals surface area contributed by atoms with Gasteiger partial charge in [0, 0.05) is 22.3 Å². The molecule has 0 aliphatic heterocycles. The second kappa shape index (κ2) is 7.19. The van der Waals surface area contributed by atoms with Gasteiger partial charge in [-0.15, -0.1) is 23.1 Å². The van der Waals surface area contributed by atoms with Crippen molar-refractivity contribution in [2.24, 2.45) is 0 Å². The van der Waals surface area contributed by atoms with E-state index in [0.717, 1.165) is 11.3 Å². The fourth-order valence-electron chi connectivity index (χ4n) is 2.33. The average molecular weight is 359 g/mol. The van der Waals surface area contributed by atoms with Gasteiger partial charge in [-0.25, -0.2) is 4.98 Å². The Kier molecular flexibility index (Phi) is 5.01. The van der Waals surface area contributed by atoms with Crippen molar-refractivity contribution in [1.82, 2.24) is 10.1 Å². The summed E-state index contributed by atoms with van der Waals surface area (Å²) in [5.74, 6) is 0.360. The Balaban J connectivity index is 1.78. The van der Waals surface area contributed by atoms with Crippen LogP contribution in [0.3, 0.4) is 0 Å². The van der Waals surface area contributed by atoms with Gasteiger partial charge in [0.15, 0.2) is 5.13 Å². The van der Waals surface area contributed by atoms with E-state index in [9.17, 15) is 4.79 Å². The Hall–Kier alpha value is -2.12. The first-order valence-corrected chi connectivity index (χ1v) is 9.59. The van der Waals surface area contributed by atoms with E-state index in [-0.39, 0.29) is 5.91 Å². The minimum absolute atomic E-state index is 0.232. The average Bonchev–Trinajstić information content (AvgIpc) is 3.21. The molecule has 0 aliphatic carbocycles. The van der Waals surface area contributed by atoms with Crippen molar-refractivity contribution in [2.75, 3.05) is 11.6 Å². The molecular weight excluding hydrogens is 342 g/mol. The van der Waals surface area contributed by atoms with Gasteiger partial charge < -0.3 is 4.52 Å². The molecule has 7 heteroatoms. The fourth-order valence-corrected chi connectivity index (χ4v) is 3.46. The lowest BCUT2D eigenvalue weighted by molar-refractivity contribution is 0.102. The molecule has 2 aromatic heterocycles. The molecule has 0 spiro atoms. The molecule has 0 fully saturated rings. The summed E-state index contributed by atoms with van der Waals surface area (Å²) < 4.78 is 5.17. The molecule has 3 rings (SSSR count). The maximum atomic E-state index is 12.5. The Labute approximate surface area is 148 Å². The number of carbonyl (C=O) groups excluding carboxylic acids is 1. The number of anilines is 1. The van der Waals surface area contributed by atoms with Crippen LogP contribution in [0.5, 0.6) is 0 Å². The molecule has 0 unspecified atom stereocenters. The monoisotopic (exact) mass is 359 g/mol. The lowest BCUT2D eigenvalue weighted by Crippen LogP contribution is -2.14. The van der Waals surface area contributed by atoms with E-state index < -0.39 is 0 Å². The first-order chi connectivity index (χ1) is 11.6. The van der Waals surface area contributed by atoms with Crippen LogP contribution in [0.15, 0.2) is 39.1 Å². The maximum absolute atomic E-state index is 12.5. The summed E-state index contributed by atoms with van der Waals surface area (Å²) in [4.78, 5) is 18.2. The summed E-state index contributed by atoms with van der Waals surface area (Å²) >= 11 is 3.10. The third-order valence-corrected chi connectivity index (χ3v) is 5.09.